The number of aliphatic hydroxyl groups excluding tert-OH is 1. The molecule has 1 saturated heterocycles. The first kappa shape index (κ1) is 13.1. The smallest absolute Gasteiger partial charge is 0.0588 e. The van der Waals surface area contributed by atoms with Crippen LogP contribution in [0.1, 0.15) is 43.7 Å². The molecule has 2 heteroatoms. The summed E-state index contributed by atoms with van der Waals surface area (Å²) in [6.45, 7) is 3.91. The molecule has 1 aromatic rings. The highest BCUT2D eigenvalue weighted by Crippen LogP contribution is 2.46. The van der Waals surface area contributed by atoms with E-state index in [0.717, 1.165) is 45.3 Å². The highest BCUT2D eigenvalue weighted by atomic mass is 16.5. The van der Waals surface area contributed by atoms with Gasteiger partial charge in [-0.3, -0.25) is 0 Å². The van der Waals surface area contributed by atoms with Crippen LogP contribution in [0, 0.1) is 5.92 Å². The number of hydrogen-bond acceptors (Lipinski definition) is 2. The largest absolute Gasteiger partial charge is 0.393 e. The maximum Gasteiger partial charge on any atom is 0.0588 e. The van der Waals surface area contributed by atoms with Crippen LogP contribution in [0.25, 0.3) is 0 Å². The fourth-order valence-electron chi connectivity index (χ4n) is 3.66. The standard InChI is InChI=1S/C17H24O2/c1-2-13-3-5-14(6-4-13)17(11-19-12-17)15-7-9-16(18)10-8-15/h3-6,15-16,18H,2,7-12H2,1H3. The van der Waals surface area contributed by atoms with Crippen LogP contribution in [-0.2, 0) is 16.6 Å². The summed E-state index contributed by atoms with van der Waals surface area (Å²) in [4.78, 5) is 0. The van der Waals surface area contributed by atoms with Crippen molar-refractivity contribution >= 4 is 0 Å². The predicted octanol–water partition coefficient (Wildman–Crippen LogP) is 3.07. The molecule has 104 valence electrons. The summed E-state index contributed by atoms with van der Waals surface area (Å²) < 4.78 is 5.57. The third kappa shape index (κ3) is 2.32. The zero-order valence-corrected chi connectivity index (χ0v) is 11.8. The minimum Gasteiger partial charge on any atom is -0.393 e. The van der Waals surface area contributed by atoms with E-state index in [0.29, 0.717) is 5.92 Å². The van der Waals surface area contributed by atoms with E-state index in [2.05, 4.69) is 31.2 Å². The molecule has 2 nitrogen and oxygen atoms in total. The van der Waals surface area contributed by atoms with Crippen LogP contribution in [0.2, 0.25) is 0 Å². The van der Waals surface area contributed by atoms with Gasteiger partial charge in [-0.05, 0) is 49.1 Å². The third-order valence-electron chi connectivity index (χ3n) is 5.13. The van der Waals surface area contributed by atoms with E-state index >= 15 is 0 Å². The summed E-state index contributed by atoms with van der Waals surface area (Å²) >= 11 is 0. The normalized spacial score (nSPS) is 29.8. The summed E-state index contributed by atoms with van der Waals surface area (Å²) in [7, 11) is 0. The van der Waals surface area contributed by atoms with Crippen LogP contribution in [0.5, 0.6) is 0 Å². The third-order valence-corrected chi connectivity index (χ3v) is 5.13. The van der Waals surface area contributed by atoms with Crippen molar-refractivity contribution in [1.82, 2.24) is 0 Å². The first-order valence-corrected chi connectivity index (χ1v) is 7.60. The number of aliphatic hydroxyl groups is 1. The van der Waals surface area contributed by atoms with Crippen molar-refractivity contribution in [2.45, 2.75) is 50.5 Å². The summed E-state index contributed by atoms with van der Waals surface area (Å²) in [5.41, 5.74) is 3.07. The molecule has 0 unspecified atom stereocenters. The Hall–Kier alpha value is -0.860. The molecule has 1 aromatic carbocycles. The van der Waals surface area contributed by atoms with Gasteiger partial charge in [-0.15, -0.1) is 0 Å². The molecule has 1 aliphatic carbocycles. The molecule has 0 bridgehead atoms. The Bertz CT molecular complexity index is 411. The van der Waals surface area contributed by atoms with Crippen LogP contribution in [0.4, 0.5) is 0 Å². The van der Waals surface area contributed by atoms with Gasteiger partial charge >= 0.3 is 0 Å². The second kappa shape index (κ2) is 5.26. The zero-order valence-electron chi connectivity index (χ0n) is 11.8. The maximum atomic E-state index is 9.69. The molecule has 19 heavy (non-hydrogen) atoms. The molecular formula is C17H24O2. The first-order chi connectivity index (χ1) is 9.24. The molecule has 1 N–H and O–H groups in total. The highest BCUT2D eigenvalue weighted by molar-refractivity contribution is 5.32. The van der Waals surface area contributed by atoms with Crippen molar-refractivity contribution < 1.29 is 9.84 Å². The van der Waals surface area contributed by atoms with Crippen molar-refractivity contribution in [1.29, 1.82) is 0 Å². The minimum atomic E-state index is -0.0724. The Labute approximate surface area is 115 Å². The number of rotatable bonds is 3. The van der Waals surface area contributed by atoms with Crippen molar-refractivity contribution in [2.24, 2.45) is 5.92 Å². The Kier molecular flexibility index (Phi) is 3.64. The second-order valence-electron chi connectivity index (χ2n) is 6.20. The van der Waals surface area contributed by atoms with Crippen molar-refractivity contribution in [3.63, 3.8) is 0 Å². The molecular weight excluding hydrogens is 236 g/mol. The average molecular weight is 260 g/mol. The lowest BCUT2D eigenvalue weighted by Gasteiger charge is -2.49. The Morgan fingerprint density at radius 3 is 2.21 bits per heavy atom. The van der Waals surface area contributed by atoms with E-state index in [4.69, 9.17) is 4.74 Å². The van der Waals surface area contributed by atoms with Crippen molar-refractivity contribution in [3.05, 3.63) is 35.4 Å². The minimum absolute atomic E-state index is 0.0724. The van der Waals surface area contributed by atoms with E-state index < -0.39 is 0 Å². The quantitative estimate of drug-likeness (QED) is 0.905. The number of hydrogen-bond donors (Lipinski definition) is 1. The monoisotopic (exact) mass is 260 g/mol. The molecule has 0 aromatic heterocycles. The molecule has 0 spiro atoms. The number of aryl methyl sites for hydroxylation is 1. The first-order valence-electron chi connectivity index (χ1n) is 7.60. The van der Waals surface area contributed by atoms with Gasteiger partial charge in [0.1, 0.15) is 0 Å². The average Bonchev–Trinajstić information content (AvgIpc) is 2.40. The fourth-order valence-corrected chi connectivity index (χ4v) is 3.66. The van der Waals surface area contributed by atoms with Gasteiger partial charge in [0, 0.05) is 5.41 Å². The lowest BCUT2D eigenvalue weighted by molar-refractivity contribution is -0.103. The topological polar surface area (TPSA) is 29.5 Å². The predicted molar refractivity (Wildman–Crippen MR) is 76.3 cm³/mol. The Morgan fingerprint density at radius 1 is 1.11 bits per heavy atom. The fraction of sp³-hybridized carbons (Fsp3) is 0.647. The SMILES string of the molecule is CCc1ccc(C2(C3CCC(O)CC3)COC2)cc1. The van der Waals surface area contributed by atoms with Gasteiger partial charge in [0.2, 0.25) is 0 Å². The maximum absolute atomic E-state index is 9.69. The van der Waals surface area contributed by atoms with E-state index in [1.165, 1.54) is 11.1 Å². The van der Waals surface area contributed by atoms with Gasteiger partial charge in [-0.1, -0.05) is 31.2 Å². The highest BCUT2D eigenvalue weighted by Gasteiger charge is 2.47. The van der Waals surface area contributed by atoms with Crippen LogP contribution in [0.3, 0.4) is 0 Å². The molecule has 2 aliphatic rings. The second-order valence-corrected chi connectivity index (χ2v) is 6.20. The summed E-state index contributed by atoms with van der Waals surface area (Å²) in [6, 6.07) is 9.11. The van der Waals surface area contributed by atoms with Crippen LogP contribution >= 0.6 is 0 Å². The van der Waals surface area contributed by atoms with E-state index in [9.17, 15) is 5.11 Å². The summed E-state index contributed by atoms with van der Waals surface area (Å²) in [5, 5.41) is 9.69. The molecule has 0 radical (unpaired) electrons. The molecule has 1 heterocycles. The van der Waals surface area contributed by atoms with Gasteiger partial charge in [0.15, 0.2) is 0 Å². The zero-order chi connectivity index (χ0) is 13.3. The van der Waals surface area contributed by atoms with Crippen LogP contribution in [0.15, 0.2) is 24.3 Å². The lowest BCUT2D eigenvalue weighted by Crippen LogP contribution is -2.53. The van der Waals surface area contributed by atoms with Crippen LogP contribution in [-0.4, -0.2) is 24.4 Å². The van der Waals surface area contributed by atoms with E-state index in [1.807, 2.05) is 0 Å². The number of ether oxygens (including phenoxy) is 1. The van der Waals surface area contributed by atoms with E-state index in [1.54, 1.807) is 0 Å². The van der Waals surface area contributed by atoms with E-state index in [-0.39, 0.29) is 11.5 Å². The van der Waals surface area contributed by atoms with Gasteiger partial charge in [0.05, 0.1) is 19.3 Å². The van der Waals surface area contributed by atoms with Crippen molar-refractivity contribution in [3.8, 4) is 0 Å². The molecule has 0 atom stereocenters. The molecule has 1 saturated carbocycles. The van der Waals surface area contributed by atoms with Gasteiger partial charge in [-0.2, -0.15) is 0 Å². The summed E-state index contributed by atoms with van der Waals surface area (Å²) in [5.74, 6) is 0.678. The number of benzene rings is 1. The molecule has 0 amide bonds. The van der Waals surface area contributed by atoms with Gasteiger partial charge in [-0.25, -0.2) is 0 Å². The molecule has 1 aliphatic heterocycles. The molecule has 2 fully saturated rings. The lowest BCUT2D eigenvalue weighted by atomic mass is 9.63. The van der Waals surface area contributed by atoms with Gasteiger partial charge in [0.25, 0.3) is 0 Å². The van der Waals surface area contributed by atoms with Crippen LogP contribution < -0.4 is 0 Å². The Morgan fingerprint density at radius 2 is 1.74 bits per heavy atom. The van der Waals surface area contributed by atoms with Crippen molar-refractivity contribution in [2.75, 3.05) is 13.2 Å². The van der Waals surface area contributed by atoms with Gasteiger partial charge < -0.3 is 9.84 Å². The molecule has 3 rings (SSSR count). The summed E-state index contributed by atoms with van der Waals surface area (Å²) in [6.07, 6.45) is 5.22. The Balaban J connectivity index is 1.81.